The Kier molecular flexibility index (Phi) is 8.07. The number of rotatable bonds is 7. The molecule has 3 heterocycles. The van der Waals surface area contributed by atoms with Crippen molar-refractivity contribution in [2.75, 3.05) is 31.9 Å². The summed E-state index contributed by atoms with van der Waals surface area (Å²) in [6.07, 6.45) is 12.0. The topological polar surface area (TPSA) is 83.5 Å². The molecule has 1 amide bonds. The number of carbonyl (C=O) groups excluding carboxylic acids is 1. The molecule has 0 aliphatic carbocycles. The molecule has 3 aromatic rings. The molecule has 0 bridgehead atoms. The molecule has 7 nitrogen and oxygen atoms in total. The standard InChI is InChI=1S/C26H25ClN4O3S/c27-25-10-5-21(20-29-25)4-2-1-3-19-35(33,34)31-17-15-30(16-18-31)26(32)24-8-6-22(7-9-24)23-11-13-28-14-12-23/h1-14,20H,15-19H2/b3-1?,4-2+. The first-order valence-corrected chi connectivity index (χ1v) is 13.1. The van der Waals surface area contributed by atoms with Gasteiger partial charge in [0.15, 0.2) is 0 Å². The fourth-order valence-electron chi connectivity index (χ4n) is 3.72. The zero-order valence-electron chi connectivity index (χ0n) is 19.0. The maximum atomic E-state index is 12.9. The van der Waals surface area contributed by atoms with E-state index < -0.39 is 10.0 Å². The average Bonchev–Trinajstić information content (AvgIpc) is 2.90. The predicted octanol–water partition coefficient (Wildman–Crippen LogP) is 4.15. The van der Waals surface area contributed by atoms with Crippen molar-refractivity contribution >= 4 is 33.6 Å². The van der Waals surface area contributed by atoms with Gasteiger partial charge >= 0.3 is 0 Å². The highest BCUT2D eigenvalue weighted by Gasteiger charge is 2.28. The van der Waals surface area contributed by atoms with E-state index in [-0.39, 0.29) is 24.7 Å². The number of hydrogen-bond donors (Lipinski definition) is 0. The van der Waals surface area contributed by atoms with Gasteiger partial charge in [-0.1, -0.05) is 54.1 Å². The number of aromatic nitrogens is 2. The van der Waals surface area contributed by atoms with Crippen LogP contribution in [0.2, 0.25) is 5.15 Å². The van der Waals surface area contributed by atoms with Crippen molar-refractivity contribution in [2.24, 2.45) is 0 Å². The van der Waals surface area contributed by atoms with E-state index in [0.29, 0.717) is 23.8 Å². The summed E-state index contributed by atoms with van der Waals surface area (Å²) >= 11 is 5.76. The zero-order valence-corrected chi connectivity index (χ0v) is 20.6. The summed E-state index contributed by atoms with van der Waals surface area (Å²) in [5.41, 5.74) is 3.50. The highest BCUT2D eigenvalue weighted by Crippen LogP contribution is 2.20. The minimum absolute atomic E-state index is 0.0925. The van der Waals surface area contributed by atoms with Crippen molar-refractivity contribution in [3.05, 3.63) is 102 Å². The number of benzene rings is 1. The normalized spacial score (nSPS) is 15.2. The smallest absolute Gasteiger partial charge is 0.253 e. The van der Waals surface area contributed by atoms with Crippen LogP contribution in [0.5, 0.6) is 0 Å². The Hall–Kier alpha value is -3.33. The highest BCUT2D eigenvalue weighted by atomic mass is 35.5. The van der Waals surface area contributed by atoms with Crippen LogP contribution in [0.15, 0.2) is 85.3 Å². The molecule has 1 saturated heterocycles. The number of allylic oxidation sites excluding steroid dienone is 2. The molecule has 0 unspecified atom stereocenters. The molecule has 0 radical (unpaired) electrons. The average molecular weight is 509 g/mol. The van der Waals surface area contributed by atoms with Gasteiger partial charge in [-0.2, -0.15) is 4.31 Å². The van der Waals surface area contributed by atoms with Crippen LogP contribution in [0.25, 0.3) is 17.2 Å². The van der Waals surface area contributed by atoms with Gasteiger partial charge < -0.3 is 4.90 Å². The van der Waals surface area contributed by atoms with Crippen molar-refractivity contribution < 1.29 is 13.2 Å². The van der Waals surface area contributed by atoms with E-state index in [0.717, 1.165) is 16.7 Å². The van der Waals surface area contributed by atoms with E-state index in [1.165, 1.54) is 4.31 Å². The van der Waals surface area contributed by atoms with Gasteiger partial charge in [-0.05, 0) is 47.0 Å². The van der Waals surface area contributed by atoms with Gasteiger partial charge in [-0.25, -0.2) is 13.4 Å². The molecule has 35 heavy (non-hydrogen) atoms. The van der Waals surface area contributed by atoms with Gasteiger partial charge in [0.05, 0.1) is 5.75 Å². The quantitative estimate of drug-likeness (QED) is 0.353. The van der Waals surface area contributed by atoms with Crippen LogP contribution in [-0.4, -0.2) is 65.4 Å². The Morgan fingerprint density at radius 1 is 0.914 bits per heavy atom. The third-order valence-electron chi connectivity index (χ3n) is 5.66. The molecule has 4 rings (SSSR count). The SMILES string of the molecule is O=C(c1ccc(-c2ccncc2)cc1)N1CCN(S(=O)(=O)CC=C/C=C/c2ccc(Cl)nc2)CC1. The van der Waals surface area contributed by atoms with Crippen molar-refractivity contribution in [1.82, 2.24) is 19.2 Å². The first-order valence-electron chi connectivity index (χ1n) is 11.1. The molecular weight excluding hydrogens is 484 g/mol. The third-order valence-corrected chi connectivity index (χ3v) is 7.65. The molecule has 1 aliphatic rings. The second kappa shape index (κ2) is 11.4. The van der Waals surface area contributed by atoms with Crippen LogP contribution in [0.4, 0.5) is 0 Å². The minimum Gasteiger partial charge on any atom is -0.336 e. The van der Waals surface area contributed by atoms with E-state index in [2.05, 4.69) is 9.97 Å². The summed E-state index contributed by atoms with van der Waals surface area (Å²) in [5, 5.41) is 0.421. The zero-order chi connectivity index (χ0) is 24.7. The predicted molar refractivity (Wildman–Crippen MR) is 138 cm³/mol. The molecule has 180 valence electrons. The van der Waals surface area contributed by atoms with Crippen LogP contribution < -0.4 is 0 Å². The van der Waals surface area contributed by atoms with Gasteiger partial charge in [-0.3, -0.25) is 9.78 Å². The van der Waals surface area contributed by atoms with Gasteiger partial charge in [-0.15, -0.1) is 0 Å². The lowest BCUT2D eigenvalue weighted by Gasteiger charge is -2.33. The first-order chi connectivity index (χ1) is 16.9. The summed E-state index contributed by atoms with van der Waals surface area (Å²) in [6.45, 7) is 1.28. The van der Waals surface area contributed by atoms with Crippen LogP contribution in [0.3, 0.4) is 0 Å². The summed E-state index contributed by atoms with van der Waals surface area (Å²) < 4.78 is 26.8. The van der Waals surface area contributed by atoms with E-state index in [1.54, 1.807) is 59.9 Å². The molecule has 9 heteroatoms. The van der Waals surface area contributed by atoms with E-state index in [1.807, 2.05) is 36.4 Å². The molecule has 0 atom stereocenters. The lowest BCUT2D eigenvalue weighted by molar-refractivity contribution is 0.0698. The van der Waals surface area contributed by atoms with Crippen molar-refractivity contribution in [3.63, 3.8) is 0 Å². The van der Waals surface area contributed by atoms with Gasteiger partial charge in [0.2, 0.25) is 10.0 Å². The van der Waals surface area contributed by atoms with Crippen molar-refractivity contribution in [1.29, 1.82) is 0 Å². The van der Waals surface area contributed by atoms with Gasteiger partial charge in [0, 0.05) is 50.3 Å². The summed E-state index contributed by atoms with van der Waals surface area (Å²) in [6, 6.07) is 14.8. The molecule has 1 aliphatic heterocycles. The fraction of sp³-hybridized carbons (Fsp3) is 0.192. The lowest BCUT2D eigenvalue weighted by Crippen LogP contribution is -2.50. The van der Waals surface area contributed by atoms with Gasteiger partial charge in [0.1, 0.15) is 5.15 Å². The number of pyridine rings is 2. The number of hydrogen-bond acceptors (Lipinski definition) is 5. The number of nitrogens with zero attached hydrogens (tertiary/aromatic N) is 4. The Bertz CT molecular complexity index is 1300. The van der Waals surface area contributed by atoms with E-state index >= 15 is 0 Å². The molecule has 1 aromatic carbocycles. The largest absolute Gasteiger partial charge is 0.336 e. The first kappa shape index (κ1) is 24.8. The summed E-state index contributed by atoms with van der Waals surface area (Å²) in [4.78, 5) is 22.6. The van der Waals surface area contributed by atoms with Crippen molar-refractivity contribution in [2.45, 2.75) is 0 Å². The van der Waals surface area contributed by atoms with Gasteiger partial charge in [0.25, 0.3) is 5.91 Å². The van der Waals surface area contributed by atoms with Crippen LogP contribution in [0.1, 0.15) is 15.9 Å². The third kappa shape index (κ3) is 6.63. The maximum Gasteiger partial charge on any atom is 0.253 e. The van der Waals surface area contributed by atoms with E-state index in [9.17, 15) is 13.2 Å². The maximum absolute atomic E-state index is 12.9. The monoisotopic (exact) mass is 508 g/mol. The number of amides is 1. The van der Waals surface area contributed by atoms with Crippen LogP contribution >= 0.6 is 11.6 Å². The van der Waals surface area contributed by atoms with Crippen molar-refractivity contribution in [3.8, 4) is 11.1 Å². The molecule has 1 fully saturated rings. The Morgan fingerprint density at radius 2 is 1.60 bits per heavy atom. The number of piperazine rings is 1. The lowest BCUT2D eigenvalue weighted by atomic mass is 10.0. The number of halogens is 1. The Labute approximate surface area is 210 Å². The van der Waals surface area contributed by atoms with E-state index in [4.69, 9.17) is 11.6 Å². The molecule has 0 saturated carbocycles. The number of sulfonamides is 1. The Morgan fingerprint density at radius 3 is 2.26 bits per heavy atom. The van der Waals surface area contributed by atoms with Crippen LogP contribution in [-0.2, 0) is 10.0 Å². The van der Waals surface area contributed by atoms with Crippen LogP contribution in [0, 0.1) is 0 Å². The molecule has 0 N–H and O–H groups in total. The highest BCUT2D eigenvalue weighted by molar-refractivity contribution is 7.89. The summed E-state index contributed by atoms with van der Waals surface area (Å²) in [7, 11) is -3.44. The molecule has 2 aromatic heterocycles. The number of carbonyl (C=O) groups is 1. The Balaban J connectivity index is 1.28. The minimum atomic E-state index is -3.44. The fourth-order valence-corrected chi connectivity index (χ4v) is 5.11. The second-order valence-electron chi connectivity index (χ2n) is 7.98. The summed E-state index contributed by atoms with van der Waals surface area (Å²) in [5.74, 6) is -0.189. The molecule has 0 spiro atoms. The second-order valence-corrected chi connectivity index (χ2v) is 10.4. The molecular formula is C26H25ClN4O3S.